The highest BCUT2D eigenvalue weighted by molar-refractivity contribution is 6.42. The van der Waals surface area contributed by atoms with Gasteiger partial charge in [-0.05, 0) is 53.1 Å². The summed E-state index contributed by atoms with van der Waals surface area (Å²) in [6.45, 7) is 5.94. The van der Waals surface area contributed by atoms with Gasteiger partial charge in [0, 0.05) is 24.2 Å². The van der Waals surface area contributed by atoms with Crippen molar-refractivity contribution in [3.05, 3.63) is 56.5 Å². The summed E-state index contributed by atoms with van der Waals surface area (Å²) in [5.41, 5.74) is 1.73. The van der Waals surface area contributed by atoms with Crippen LogP contribution in [0.3, 0.4) is 0 Å². The largest absolute Gasteiger partial charge is 0.490 e. The molecule has 1 N–H and O–H groups in total. The van der Waals surface area contributed by atoms with Gasteiger partial charge in [0.2, 0.25) is 5.95 Å². The highest BCUT2D eigenvalue weighted by Gasteiger charge is 2.13. The molecule has 0 atom stereocenters. The van der Waals surface area contributed by atoms with Gasteiger partial charge in [-0.2, -0.15) is 0 Å². The first kappa shape index (κ1) is 22.5. The topological polar surface area (TPSA) is 74.1 Å². The number of nitrogens with one attached hydrogen (secondary N) is 1. The summed E-state index contributed by atoms with van der Waals surface area (Å²) in [6.07, 6.45) is 0.930. The van der Waals surface area contributed by atoms with E-state index in [1.54, 1.807) is 22.9 Å². The summed E-state index contributed by atoms with van der Waals surface area (Å²) < 4.78 is 13.4. The number of aryl methyl sites for hydroxylation is 1. The monoisotopic (exact) mass is 469 g/mol. The number of rotatable bonds is 10. The van der Waals surface area contributed by atoms with E-state index in [-0.39, 0.29) is 0 Å². The van der Waals surface area contributed by atoms with E-state index >= 15 is 0 Å². The van der Waals surface area contributed by atoms with Crippen molar-refractivity contribution in [1.82, 2.24) is 20.2 Å². The lowest BCUT2D eigenvalue weighted by molar-refractivity contribution is 0.269. The minimum Gasteiger partial charge on any atom is -0.490 e. The van der Waals surface area contributed by atoms with Crippen molar-refractivity contribution in [2.45, 2.75) is 40.0 Å². The predicted octanol–water partition coefficient (Wildman–Crippen LogP) is 5.63. The van der Waals surface area contributed by atoms with E-state index in [1.165, 1.54) is 0 Å². The molecule has 0 unspecified atom stereocenters. The van der Waals surface area contributed by atoms with Crippen molar-refractivity contribution >= 4 is 40.8 Å². The predicted molar refractivity (Wildman–Crippen MR) is 119 cm³/mol. The molecule has 0 saturated carbocycles. The van der Waals surface area contributed by atoms with E-state index < -0.39 is 0 Å². The van der Waals surface area contributed by atoms with Crippen LogP contribution in [-0.2, 0) is 19.7 Å². The summed E-state index contributed by atoms with van der Waals surface area (Å²) in [6, 6.07) is 8.96. The Hall–Kier alpha value is -2.22. The first-order valence-electron chi connectivity index (χ1n) is 9.53. The third-order valence-electron chi connectivity index (χ3n) is 4.20. The smallest absolute Gasteiger partial charge is 0.243 e. The number of ether oxygens (including phenoxy) is 2. The standard InChI is InChI=1S/C20H22Cl3N5O2/c1-3-7-28-20(25-26-27-28)24-11-14-9-18(29-4-2)19(10-16(14)22)30-12-13-5-6-15(21)17(23)8-13/h5-6,8-10H,3-4,7,11-12H2,1-2H3,(H,24,25,27). The van der Waals surface area contributed by atoms with Gasteiger partial charge in [0.15, 0.2) is 11.5 Å². The Balaban J connectivity index is 1.74. The van der Waals surface area contributed by atoms with Gasteiger partial charge in [-0.3, -0.25) is 0 Å². The molecule has 0 fully saturated rings. The lowest BCUT2D eigenvalue weighted by atomic mass is 10.2. The second-order valence-electron chi connectivity index (χ2n) is 6.44. The van der Waals surface area contributed by atoms with Crippen LogP contribution in [0.2, 0.25) is 15.1 Å². The first-order valence-corrected chi connectivity index (χ1v) is 10.7. The Bertz CT molecular complexity index is 997. The fourth-order valence-corrected chi connectivity index (χ4v) is 3.29. The molecule has 0 spiro atoms. The summed E-state index contributed by atoms with van der Waals surface area (Å²) in [5.74, 6) is 1.74. The van der Waals surface area contributed by atoms with Gasteiger partial charge in [0.05, 0.1) is 16.7 Å². The molecule has 160 valence electrons. The van der Waals surface area contributed by atoms with Crippen molar-refractivity contribution in [3.8, 4) is 11.5 Å². The zero-order valence-electron chi connectivity index (χ0n) is 16.7. The van der Waals surface area contributed by atoms with Crippen LogP contribution in [0, 0.1) is 0 Å². The van der Waals surface area contributed by atoms with Gasteiger partial charge in [0.25, 0.3) is 0 Å². The molecule has 0 aliphatic rings. The van der Waals surface area contributed by atoms with Crippen LogP contribution in [0.1, 0.15) is 31.4 Å². The first-order chi connectivity index (χ1) is 14.5. The van der Waals surface area contributed by atoms with E-state index in [2.05, 4.69) is 27.8 Å². The lowest BCUT2D eigenvalue weighted by Gasteiger charge is -2.15. The number of aromatic nitrogens is 4. The number of tetrazole rings is 1. The Morgan fingerprint density at radius 1 is 0.967 bits per heavy atom. The number of nitrogens with zero attached hydrogens (tertiary/aromatic N) is 4. The van der Waals surface area contributed by atoms with Crippen molar-refractivity contribution in [1.29, 1.82) is 0 Å². The van der Waals surface area contributed by atoms with Gasteiger partial charge >= 0.3 is 0 Å². The van der Waals surface area contributed by atoms with Crippen LogP contribution in [-0.4, -0.2) is 26.8 Å². The molecule has 0 bridgehead atoms. The molecule has 3 aromatic rings. The van der Waals surface area contributed by atoms with E-state index in [0.29, 0.717) is 52.3 Å². The maximum absolute atomic E-state index is 6.50. The summed E-state index contributed by atoms with van der Waals surface area (Å²) in [5, 5.41) is 16.4. The van der Waals surface area contributed by atoms with Gasteiger partial charge in [-0.15, -0.1) is 0 Å². The molecule has 0 radical (unpaired) electrons. The Morgan fingerprint density at radius 2 is 1.77 bits per heavy atom. The van der Waals surface area contributed by atoms with Crippen LogP contribution < -0.4 is 14.8 Å². The molecule has 7 nitrogen and oxygen atoms in total. The van der Waals surface area contributed by atoms with E-state index in [1.807, 2.05) is 19.1 Å². The SMILES string of the molecule is CCCn1nnnc1NCc1cc(OCC)c(OCc2ccc(Cl)c(Cl)c2)cc1Cl. The number of benzene rings is 2. The number of anilines is 1. The molecule has 0 aliphatic heterocycles. The zero-order chi connectivity index (χ0) is 21.5. The molecule has 0 saturated heterocycles. The Morgan fingerprint density at radius 3 is 2.50 bits per heavy atom. The van der Waals surface area contributed by atoms with E-state index in [9.17, 15) is 0 Å². The molecule has 10 heteroatoms. The molecule has 30 heavy (non-hydrogen) atoms. The molecular weight excluding hydrogens is 449 g/mol. The molecule has 0 amide bonds. The molecule has 3 rings (SSSR count). The fraction of sp³-hybridized carbons (Fsp3) is 0.350. The van der Waals surface area contributed by atoms with Crippen molar-refractivity contribution in [2.24, 2.45) is 0 Å². The van der Waals surface area contributed by atoms with E-state index in [0.717, 1.165) is 24.1 Å². The van der Waals surface area contributed by atoms with Crippen molar-refractivity contribution < 1.29 is 9.47 Å². The second-order valence-corrected chi connectivity index (χ2v) is 7.66. The zero-order valence-corrected chi connectivity index (χ0v) is 18.9. The molecular formula is C20H22Cl3N5O2. The molecule has 1 aromatic heterocycles. The molecule has 1 heterocycles. The maximum atomic E-state index is 6.50. The van der Waals surface area contributed by atoms with E-state index in [4.69, 9.17) is 44.3 Å². The quantitative estimate of drug-likeness (QED) is 0.414. The third kappa shape index (κ3) is 5.68. The third-order valence-corrected chi connectivity index (χ3v) is 5.29. The molecule has 0 aliphatic carbocycles. The summed E-state index contributed by atoms with van der Waals surface area (Å²) >= 11 is 18.5. The lowest BCUT2D eigenvalue weighted by Crippen LogP contribution is -2.09. The molecule has 2 aromatic carbocycles. The van der Waals surface area contributed by atoms with Crippen LogP contribution in [0.5, 0.6) is 11.5 Å². The van der Waals surface area contributed by atoms with Gasteiger partial charge < -0.3 is 14.8 Å². The van der Waals surface area contributed by atoms with Crippen LogP contribution in [0.25, 0.3) is 0 Å². The number of hydrogen-bond donors (Lipinski definition) is 1. The maximum Gasteiger partial charge on any atom is 0.243 e. The normalized spacial score (nSPS) is 10.8. The fourth-order valence-electron chi connectivity index (χ4n) is 2.75. The highest BCUT2D eigenvalue weighted by atomic mass is 35.5. The van der Waals surface area contributed by atoms with Gasteiger partial charge in [0.1, 0.15) is 6.61 Å². The average molecular weight is 471 g/mol. The van der Waals surface area contributed by atoms with Crippen LogP contribution in [0.4, 0.5) is 5.95 Å². The Kier molecular flexibility index (Phi) is 8.01. The van der Waals surface area contributed by atoms with Crippen molar-refractivity contribution in [3.63, 3.8) is 0 Å². The summed E-state index contributed by atoms with van der Waals surface area (Å²) in [4.78, 5) is 0. The number of halogens is 3. The minimum absolute atomic E-state index is 0.302. The summed E-state index contributed by atoms with van der Waals surface area (Å²) in [7, 11) is 0. The minimum atomic E-state index is 0.302. The van der Waals surface area contributed by atoms with Crippen LogP contribution in [0.15, 0.2) is 30.3 Å². The van der Waals surface area contributed by atoms with Crippen LogP contribution >= 0.6 is 34.8 Å². The number of hydrogen-bond acceptors (Lipinski definition) is 6. The second kappa shape index (κ2) is 10.7. The van der Waals surface area contributed by atoms with Gasteiger partial charge in [-0.1, -0.05) is 52.9 Å². The highest BCUT2D eigenvalue weighted by Crippen LogP contribution is 2.35. The van der Waals surface area contributed by atoms with Crippen molar-refractivity contribution in [2.75, 3.05) is 11.9 Å². The Labute approximate surface area is 190 Å². The average Bonchev–Trinajstić information content (AvgIpc) is 3.17. The van der Waals surface area contributed by atoms with Gasteiger partial charge in [-0.25, -0.2) is 4.68 Å².